The highest BCUT2D eigenvalue weighted by Gasteiger charge is 2.30. The summed E-state index contributed by atoms with van der Waals surface area (Å²) >= 11 is 0. The van der Waals surface area contributed by atoms with E-state index in [1.807, 2.05) is 4.90 Å². The predicted octanol–water partition coefficient (Wildman–Crippen LogP) is 1.47. The highest BCUT2D eigenvalue weighted by atomic mass is 16.6. The van der Waals surface area contributed by atoms with Gasteiger partial charge in [-0.2, -0.15) is 0 Å². The number of aromatic amines is 1. The number of nitro groups is 1. The van der Waals surface area contributed by atoms with Gasteiger partial charge in [0.2, 0.25) is 5.95 Å². The minimum Gasteiger partial charge on any atom is -0.469 e. The quantitative estimate of drug-likeness (QED) is 0.522. The first kappa shape index (κ1) is 13.3. The number of aromatic nitrogens is 2. The third-order valence-corrected chi connectivity index (χ3v) is 3.69. The van der Waals surface area contributed by atoms with Crippen LogP contribution in [0.5, 0.6) is 0 Å². The second-order valence-electron chi connectivity index (χ2n) is 4.97. The van der Waals surface area contributed by atoms with Gasteiger partial charge in [0.1, 0.15) is 0 Å². The minimum atomic E-state index is -0.441. The molecule has 0 bridgehead atoms. The number of esters is 1. The van der Waals surface area contributed by atoms with Crippen LogP contribution in [0, 0.1) is 16.0 Å². The van der Waals surface area contributed by atoms with Gasteiger partial charge in [-0.1, -0.05) is 0 Å². The molecular weight excluding hydrogens is 276 g/mol. The lowest BCUT2D eigenvalue weighted by molar-refractivity contribution is -0.384. The minimum absolute atomic E-state index is 0.0200. The van der Waals surface area contributed by atoms with E-state index < -0.39 is 4.92 Å². The first-order chi connectivity index (χ1) is 10.1. The van der Waals surface area contributed by atoms with Gasteiger partial charge in [-0.15, -0.1) is 0 Å². The molecule has 1 unspecified atom stereocenters. The van der Waals surface area contributed by atoms with Crippen molar-refractivity contribution in [3.63, 3.8) is 0 Å². The lowest BCUT2D eigenvalue weighted by atomic mass is 10.1. The number of imidazole rings is 1. The number of nitrogens with one attached hydrogen (secondary N) is 1. The van der Waals surface area contributed by atoms with Crippen LogP contribution < -0.4 is 4.90 Å². The molecule has 1 aliphatic rings. The van der Waals surface area contributed by atoms with Crippen LogP contribution >= 0.6 is 0 Å². The van der Waals surface area contributed by atoms with E-state index in [2.05, 4.69) is 9.97 Å². The highest BCUT2D eigenvalue weighted by molar-refractivity contribution is 5.80. The number of non-ortho nitro benzene ring substituents is 1. The van der Waals surface area contributed by atoms with Crippen LogP contribution in [0.15, 0.2) is 18.2 Å². The Kier molecular flexibility index (Phi) is 3.20. The van der Waals surface area contributed by atoms with Gasteiger partial charge < -0.3 is 14.6 Å². The Morgan fingerprint density at radius 2 is 2.38 bits per heavy atom. The molecule has 1 saturated heterocycles. The van der Waals surface area contributed by atoms with Crippen molar-refractivity contribution in [2.24, 2.45) is 5.92 Å². The largest absolute Gasteiger partial charge is 0.469 e. The van der Waals surface area contributed by atoms with E-state index in [4.69, 9.17) is 4.74 Å². The zero-order valence-electron chi connectivity index (χ0n) is 11.4. The average Bonchev–Trinajstić information content (AvgIpc) is 3.11. The summed E-state index contributed by atoms with van der Waals surface area (Å²) in [5.74, 6) is 0.249. The van der Waals surface area contributed by atoms with E-state index in [1.54, 1.807) is 6.07 Å². The molecule has 1 N–H and O–H groups in total. The van der Waals surface area contributed by atoms with E-state index in [0.29, 0.717) is 36.5 Å². The number of ether oxygens (including phenoxy) is 1. The number of anilines is 1. The van der Waals surface area contributed by atoms with Gasteiger partial charge in [-0.25, -0.2) is 4.98 Å². The Hall–Kier alpha value is -2.64. The first-order valence-electron chi connectivity index (χ1n) is 6.55. The molecule has 1 fully saturated rings. The van der Waals surface area contributed by atoms with Crippen LogP contribution in [0.2, 0.25) is 0 Å². The molecule has 8 nitrogen and oxygen atoms in total. The van der Waals surface area contributed by atoms with Crippen LogP contribution in [0.4, 0.5) is 11.6 Å². The van der Waals surface area contributed by atoms with Crippen LogP contribution in [0.3, 0.4) is 0 Å². The second-order valence-corrected chi connectivity index (χ2v) is 4.97. The Morgan fingerprint density at radius 1 is 1.57 bits per heavy atom. The Morgan fingerprint density at radius 3 is 3.10 bits per heavy atom. The summed E-state index contributed by atoms with van der Waals surface area (Å²) < 4.78 is 4.75. The molecule has 1 aromatic heterocycles. The van der Waals surface area contributed by atoms with Crippen molar-refractivity contribution < 1.29 is 14.5 Å². The van der Waals surface area contributed by atoms with Crippen molar-refractivity contribution in [3.05, 3.63) is 28.3 Å². The molecule has 0 aliphatic carbocycles. The number of hydrogen-bond acceptors (Lipinski definition) is 6. The number of carbonyl (C=O) groups is 1. The molecule has 2 aromatic rings. The Bertz CT molecular complexity index is 711. The molecule has 1 atom stereocenters. The summed E-state index contributed by atoms with van der Waals surface area (Å²) in [6.07, 6.45) is 0.712. The van der Waals surface area contributed by atoms with Gasteiger partial charge >= 0.3 is 5.97 Å². The van der Waals surface area contributed by atoms with Gasteiger partial charge in [0.15, 0.2) is 0 Å². The smallest absolute Gasteiger partial charge is 0.310 e. The fourth-order valence-corrected chi connectivity index (χ4v) is 2.56. The van der Waals surface area contributed by atoms with Crippen molar-refractivity contribution in [2.75, 3.05) is 25.1 Å². The lowest BCUT2D eigenvalue weighted by Gasteiger charge is -2.13. The topological polar surface area (TPSA) is 101 Å². The molecular formula is C13H14N4O4. The van der Waals surface area contributed by atoms with Crippen LogP contribution in [0.25, 0.3) is 11.0 Å². The predicted molar refractivity (Wildman–Crippen MR) is 75.1 cm³/mol. The molecule has 3 rings (SSSR count). The number of benzene rings is 1. The standard InChI is InChI=1S/C13H14N4O4/c1-21-12(18)8-4-5-16(7-8)13-14-10-3-2-9(17(19)20)6-11(10)15-13/h2-3,6,8H,4-5,7H2,1H3,(H,14,15). The SMILES string of the molecule is COC(=O)C1CCN(c2nc3ccc([N+](=O)[O-])cc3[nH]2)C1. The van der Waals surface area contributed by atoms with E-state index in [9.17, 15) is 14.9 Å². The van der Waals surface area contributed by atoms with Crippen molar-refractivity contribution >= 4 is 28.6 Å². The fourth-order valence-electron chi connectivity index (χ4n) is 2.56. The first-order valence-corrected chi connectivity index (χ1v) is 6.55. The van der Waals surface area contributed by atoms with Crippen molar-refractivity contribution in [2.45, 2.75) is 6.42 Å². The molecule has 1 aromatic carbocycles. The number of H-pyrrole nitrogens is 1. The summed E-state index contributed by atoms with van der Waals surface area (Å²) in [4.78, 5) is 31.3. The third kappa shape index (κ3) is 2.39. The molecule has 0 saturated carbocycles. The fraction of sp³-hybridized carbons (Fsp3) is 0.385. The lowest BCUT2D eigenvalue weighted by Crippen LogP contribution is -2.24. The number of methoxy groups -OCH3 is 1. The van der Waals surface area contributed by atoms with Crippen LogP contribution in [0.1, 0.15) is 6.42 Å². The maximum absolute atomic E-state index is 11.5. The maximum Gasteiger partial charge on any atom is 0.310 e. The van der Waals surface area contributed by atoms with E-state index >= 15 is 0 Å². The molecule has 0 radical (unpaired) electrons. The number of hydrogen-bond donors (Lipinski definition) is 1. The van der Waals surface area contributed by atoms with Gasteiger partial charge in [-0.05, 0) is 12.5 Å². The molecule has 0 amide bonds. The van der Waals surface area contributed by atoms with Gasteiger partial charge in [-0.3, -0.25) is 14.9 Å². The van der Waals surface area contributed by atoms with Crippen molar-refractivity contribution in [1.82, 2.24) is 9.97 Å². The monoisotopic (exact) mass is 290 g/mol. The van der Waals surface area contributed by atoms with Crippen molar-refractivity contribution in [1.29, 1.82) is 0 Å². The number of nitro benzene ring substituents is 1. The van der Waals surface area contributed by atoms with Gasteiger partial charge in [0.05, 0.1) is 29.0 Å². The Balaban J connectivity index is 1.85. The van der Waals surface area contributed by atoms with E-state index in [-0.39, 0.29) is 17.6 Å². The highest BCUT2D eigenvalue weighted by Crippen LogP contribution is 2.26. The summed E-state index contributed by atoms with van der Waals surface area (Å²) in [5.41, 5.74) is 1.30. The number of nitrogens with zero attached hydrogens (tertiary/aromatic N) is 3. The molecule has 21 heavy (non-hydrogen) atoms. The normalized spacial score (nSPS) is 18.1. The van der Waals surface area contributed by atoms with Gasteiger partial charge in [0, 0.05) is 25.2 Å². The zero-order chi connectivity index (χ0) is 15.0. The van der Waals surface area contributed by atoms with Crippen molar-refractivity contribution in [3.8, 4) is 0 Å². The average molecular weight is 290 g/mol. The maximum atomic E-state index is 11.5. The van der Waals surface area contributed by atoms with Crippen LogP contribution in [-0.2, 0) is 9.53 Å². The Labute approximate surface area is 119 Å². The molecule has 1 aliphatic heterocycles. The van der Waals surface area contributed by atoms with Crippen LogP contribution in [-0.4, -0.2) is 41.1 Å². The van der Waals surface area contributed by atoms with Gasteiger partial charge in [0.25, 0.3) is 5.69 Å². The molecule has 8 heteroatoms. The number of fused-ring (bicyclic) bond motifs is 1. The number of rotatable bonds is 3. The van der Waals surface area contributed by atoms with E-state index in [1.165, 1.54) is 19.2 Å². The third-order valence-electron chi connectivity index (χ3n) is 3.69. The molecule has 110 valence electrons. The summed E-state index contributed by atoms with van der Waals surface area (Å²) in [6, 6.07) is 4.50. The second kappa shape index (κ2) is 5.04. The summed E-state index contributed by atoms with van der Waals surface area (Å²) in [7, 11) is 1.38. The molecule has 2 heterocycles. The summed E-state index contributed by atoms with van der Waals surface area (Å²) in [6.45, 7) is 1.23. The zero-order valence-corrected chi connectivity index (χ0v) is 11.4. The van der Waals surface area contributed by atoms with E-state index in [0.717, 1.165) is 0 Å². The molecule has 0 spiro atoms. The number of carbonyl (C=O) groups excluding carboxylic acids is 1. The summed E-state index contributed by atoms with van der Waals surface area (Å²) in [5, 5.41) is 10.8.